The molecular weight excluding hydrogens is 200 g/mol. The highest BCUT2D eigenvalue weighted by atomic mass is 16.5. The van der Waals surface area contributed by atoms with Crippen LogP contribution in [0.15, 0.2) is 10.6 Å². The van der Waals surface area contributed by atoms with E-state index in [0.717, 1.165) is 36.4 Å². The number of hydrogen-bond acceptors (Lipinski definition) is 3. The lowest BCUT2D eigenvalue weighted by atomic mass is 9.83. The van der Waals surface area contributed by atoms with Gasteiger partial charge in [0.2, 0.25) is 0 Å². The molecule has 1 heterocycles. The molecule has 1 aliphatic rings. The van der Waals surface area contributed by atoms with Crippen LogP contribution < -0.4 is 5.32 Å². The van der Waals surface area contributed by atoms with Gasteiger partial charge in [0, 0.05) is 12.6 Å². The lowest BCUT2D eigenvalue weighted by Crippen LogP contribution is -2.25. The van der Waals surface area contributed by atoms with Crippen molar-refractivity contribution in [3.63, 3.8) is 0 Å². The van der Waals surface area contributed by atoms with Crippen LogP contribution in [0.25, 0.3) is 0 Å². The molecule has 0 radical (unpaired) electrons. The molecule has 1 N–H and O–H groups in total. The van der Waals surface area contributed by atoms with Crippen LogP contribution in [-0.2, 0) is 6.54 Å². The van der Waals surface area contributed by atoms with Crippen LogP contribution in [0.2, 0.25) is 0 Å². The molecule has 1 saturated carbocycles. The summed E-state index contributed by atoms with van der Waals surface area (Å²) in [6.07, 6.45) is 5.56. The molecule has 1 fully saturated rings. The smallest absolute Gasteiger partial charge is 0.133 e. The van der Waals surface area contributed by atoms with E-state index in [1.165, 1.54) is 25.7 Å². The summed E-state index contributed by atoms with van der Waals surface area (Å²) in [7, 11) is 0. The molecule has 0 atom stereocenters. The molecule has 1 aromatic rings. The van der Waals surface area contributed by atoms with Crippen molar-refractivity contribution in [2.45, 2.75) is 46.1 Å². The van der Waals surface area contributed by atoms with Gasteiger partial charge in [-0.2, -0.15) is 0 Å². The standard InChI is InChI=1S/C13H22N2O/c1-10-3-5-12(6-4-10)8-14-9-13-7-11(2)16-15-13/h7,10,12,14H,3-6,8-9H2,1-2H3. The molecule has 1 aliphatic carbocycles. The Kier molecular flexibility index (Phi) is 3.99. The van der Waals surface area contributed by atoms with Gasteiger partial charge in [-0.1, -0.05) is 24.9 Å². The summed E-state index contributed by atoms with van der Waals surface area (Å²) in [5, 5.41) is 7.45. The lowest BCUT2D eigenvalue weighted by molar-refractivity contribution is 0.280. The molecule has 90 valence electrons. The van der Waals surface area contributed by atoms with Crippen molar-refractivity contribution >= 4 is 0 Å². The fourth-order valence-corrected chi connectivity index (χ4v) is 2.44. The van der Waals surface area contributed by atoms with Gasteiger partial charge in [-0.3, -0.25) is 0 Å². The number of nitrogens with one attached hydrogen (secondary N) is 1. The minimum absolute atomic E-state index is 0.837. The Hall–Kier alpha value is -0.830. The van der Waals surface area contributed by atoms with Crippen molar-refractivity contribution in [1.29, 1.82) is 0 Å². The second-order valence-corrected chi connectivity index (χ2v) is 5.19. The maximum Gasteiger partial charge on any atom is 0.133 e. The Balaban J connectivity index is 1.64. The van der Waals surface area contributed by atoms with E-state index in [0.29, 0.717) is 0 Å². The van der Waals surface area contributed by atoms with Crippen LogP contribution in [0.4, 0.5) is 0 Å². The largest absolute Gasteiger partial charge is 0.361 e. The molecule has 0 saturated heterocycles. The number of aryl methyl sites for hydroxylation is 1. The topological polar surface area (TPSA) is 38.1 Å². The fourth-order valence-electron chi connectivity index (χ4n) is 2.44. The van der Waals surface area contributed by atoms with Crippen molar-refractivity contribution in [2.75, 3.05) is 6.54 Å². The molecule has 3 nitrogen and oxygen atoms in total. The van der Waals surface area contributed by atoms with E-state index < -0.39 is 0 Å². The first-order valence-corrected chi connectivity index (χ1v) is 6.37. The van der Waals surface area contributed by atoms with Gasteiger partial charge >= 0.3 is 0 Å². The highest BCUT2D eigenvalue weighted by Crippen LogP contribution is 2.27. The minimum Gasteiger partial charge on any atom is -0.361 e. The van der Waals surface area contributed by atoms with Gasteiger partial charge in [-0.05, 0) is 38.1 Å². The van der Waals surface area contributed by atoms with Gasteiger partial charge in [0.05, 0.1) is 5.69 Å². The maximum absolute atomic E-state index is 5.03. The van der Waals surface area contributed by atoms with Crippen LogP contribution in [0.1, 0.15) is 44.1 Å². The van der Waals surface area contributed by atoms with Gasteiger partial charge in [0.15, 0.2) is 0 Å². The van der Waals surface area contributed by atoms with Crippen LogP contribution in [0, 0.1) is 18.8 Å². The van der Waals surface area contributed by atoms with E-state index in [-0.39, 0.29) is 0 Å². The Morgan fingerprint density at radius 3 is 2.75 bits per heavy atom. The Bertz CT molecular complexity index is 313. The summed E-state index contributed by atoms with van der Waals surface area (Å²) in [6.45, 7) is 6.25. The summed E-state index contributed by atoms with van der Waals surface area (Å²) in [6, 6.07) is 2.00. The second-order valence-electron chi connectivity index (χ2n) is 5.19. The van der Waals surface area contributed by atoms with Crippen molar-refractivity contribution < 1.29 is 4.52 Å². The molecule has 0 bridgehead atoms. The highest BCUT2D eigenvalue weighted by molar-refractivity contribution is 5.02. The summed E-state index contributed by atoms with van der Waals surface area (Å²) < 4.78 is 5.03. The van der Waals surface area contributed by atoms with Gasteiger partial charge in [-0.25, -0.2) is 0 Å². The minimum atomic E-state index is 0.837. The van der Waals surface area contributed by atoms with Crippen molar-refractivity contribution in [1.82, 2.24) is 10.5 Å². The molecule has 1 aromatic heterocycles. The molecule has 0 aromatic carbocycles. The monoisotopic (exact) mass is 222 g/mol. The third kappa shape index (κ3) is 3.34. The zero-order valence-electron chi connectivity index (χ0n) is 10.3. The Morgan fingerprint density at radius 1 is 1.38 bits per heavy atom. The predicted molar refractivity (Wildman–Crippen MR) is 64.1 cm³/mol. The summed E-state index contributed by atoms with van der Waals surface area (Å²) in [5.41, 5.74) is 1.02. The van der Waals surface area contributed by atoms with Gasteiger partial charge in [0.1, 0.15) is 5.76 Å². The summed E-state index contributed by atoms with van der Waals surface area (Å²) in [4.78, 5) is 0. The maximum atomic E-state index is 5.03. The summed E-state index contributed by atoms with van der Waals surface area (Å²) >= 11 is 0. The molecule has 0 amide bonds. The van der Waals surface area contributed by atoms with E-state index in [2.05, 4.69) is 17.4 Å². The number of nitrogens with zero attached hydrogens (tertiary/aromatic N) is 1. The van der Waals surface area contributed by atoms with E-state index in [1.54, 1.807) is 0 Å². The van der Waals surface area contributed by atoms with E-state index in [1.807, 2.05) is 13.0 Å². The molecule has 16 heavy (non-hydrogen) atoms. The van der Waals surface area contributed by atoms with Gasteiger partial charge in [-0.15, -0.1) is 0 Å². The zero-order chi connectivity index (χ0) is 11.4. The zero-order valence-corrected chi connectivity index (χ0v) is 10.3. The third-order valence-electron chi connectivity index (χ3n) is 3.55. The SMILES string of the molecule is Cc1cc(CNCC2CCC(C)CC2)no1. The third-order valence-corrected chi connectivity index (χ3v) is 3.55. The number of hydrogen-bond donors (Lipinski definition) is 1. The lowest BCUT2D eigenvalue weighted by Gasteiger charge is -2.26. The number of rotatable bonds is 4. The quantitative estimate of drug-likeness (QED) is 0.851. The Morgan fingerprint density at radius 2 is 2.12 bits per heavy atom. The van der Waals surface area contributed by atoms with Gasteiger partial charge in [0.25, 0.3) is 0 Å². The average molecular weight is 222 g/mol. The average Bonchev–Trinajstić information content (AvgIpc) is 2.67. The molecular formula is C13H22N2O. The first kappa shape index (κ1) is 11.6. The fraction of sp³-hybridized carbons (Fsp3) is 0.769. The molecule has 3 heteroatoms. The normalized spacial score (nSPS) is 25.9. The Labute approximate surface area is 97.6 Å². The van der Waals surface area contributed by atoms with E-state index in [4.69, 9.17) is 4.52 Å². The van der Waals surface area contributed by atoms with Crippen molar-refractivity contribution in [3.8, 4) is 0 Å². The van der Waals surface area contributed by atoms with Gasteiger partial charge < -0.3 is 9.84 Å². The predicted octanol–water partition coefficient (Wildman–Crippen LogP) is 2.90. The molecule has 0 aliphatic heterocycles. The van der Waals surface area contributed by atoms with Crippen molar-refractivity contribution in [3.05, 3.63) is 17.5 Å². The number of aromatic nitrogens is 1. The highest BCUT2D eigenvalue weighted by Gasteiger charge is 2.17. The molecule has 0 unspecified atom stereocenters. The first-order valence-electron chi connectivity index (χ1n) is 6.37. The molecule has 0 spiro atoms. The van der Waals surface area contributed by atoms with Crippen LogP contribution in [-0.4, -0.2) is 11.7 Å². The van der Waals surface area contributed by atoms with Crippen LogP contribution in [0.3, 0.4) is 0 Å². The van der Waals surface area contributed by atoms with E-state index >= 15 is 0 Å². The van der Waals surface area contributed by atoms with Crippen LogP contribution in [0.5, 0.6) is 0 Å². The summed E-state index contributed by atoms with van der Waals surface area (Å²) in [5.74, 6) is 2.70. The van der Waals surface area contributed by atoms with Crippen molar-refractivity contribution in [2.24, 2.45) is 11.8 Å². The van der Waals surface area contributed by atoms with E-state index in [9.17, 15) is 0 Å². The molecule has 2 rings (SSSR count). The first-order chi connectivity index (χ1) is 7.74. The second kappa shape index (κ2) is 5.48. The van der Waals surface area contributed by atoms with Crippen LogP contribution >= 0.6 is 0 Å².